The van der Waals surface area contributed by atoms with E-state index in [1.807, 2.05) is 17.0 Å². The molecule has 0 bridgehead atoms. The average molecular weight is 403 g/mol. The molecule has 0 N–H and O–H groups in total. The van der Waals surface area contributed by atoms with E-state index in [2.05, 4.69) is 23.2 Å². The van der Waals surface area contributed by atoms with Crippen molar-refractivity contribution in [1.82, 2.24) is 4.98 Å². The van der Waals surface area contributed by atoms with Crippen molar-refractivity contribution >= 4 is 16.6 Å². The highest BCUT2D eigenvalue weighted by atomic mass is 16.5. The third-order valence-corrected chi connectivity index (χ3v) is 4.95. The minimum atomic E-state index is 0.417. The molecule has 2 aromatic rings. The molecule has 0 atom stereocenters. The highest BCUT2D eigenvalue weighted by Gasteiger charge is 2.24. The minimum Gasteiger partial charge on any atom is -0.493 e. The second-order valence-corrected chi connectivity index (χ2v) is 6.72. The van der Waals surface area contributed by atoms with Gasteiger partial charge in [0, 0.05) is 24.2 Å². The van der Waals surface area contributed by atoms with Gasteiger partial charge in [0.05, 0.1) is 31.0 Å². The average Bonchev–Trinajstić information content (AvgIpc) is 2.82. The largest absolute Gasteiger partial charge is 0.493 e. The lowest BCUT2D eigenvalue weighted by atomic mass is 10.0. The molecular formula is C23H21N3O4. The highest BCUT2D eigenvalue weighted by Crippen LogP contribution is 2.39. The lowest BCUT2D eigenvalue weighted by Crippen LogP contribution is -2.28. The van der Waals surface area contributed by atoms with Crippen LogP contribution in [0.5, 0.6) is 11.5 Å². The molecule has 2 aliphatic rings. The van der Waals surface area contributed by atoms with Gasteiger partial charge >= 0.3 is 0 Å². The molecule has 1 aliphatic heterocycles. The highest BCUT2D eigenvalue weighted by molar-refractivity contribution is 5.97. The van der Waals surface area contributed by atoms with E-state index in [0.29, 0.717) is 40.7 Å². The van der Waals surface area contributed by atoms with Crippen LogP contribution in [0.1, 0.15) is 18.4 Å². The van der Waals surface area contributed by atoms with Crippen LogP contribution < -0.4 is 14.4 Å². The van der Waals surface area contributed by atoms with Gasteiger partial charge in [-0.15, -0.1) is 0 Å². The summed E-state index contributed by atoms with van der Waals surface area (Å²) in [6, 6.07) is 5.89. The van der Waals surface area contributed by atoms with Crippen LogP contribution in [0.25, 0.3) is 10.9 Å². The number of aromatic nitrogens is 1. The summed E-state index contributed by atoms with van der Waals surface area (Å²) in [5.74, 6) is 1.60. The summed E-state index contributed by atoms with van der Waals surface area (Å²) in [6.07, 6.45) is 14.2. The van der Waals surface area contributed by atoms with Gasteiger partial charge in [0.1, 0.15) is 18.6 Å². The molecule has 4 rings (SSSR count). The Morgan fingerprint density at radius 3 is 2.70 bits per heavy atom. The van der Waals surface area contributed by atoms with Crippen LogP contribution in [-0.2, 0) is 9.47 Å². The molecule has 0 saturated heterocycles. The Hall–Kier alpha value is -3.92. The van der Waals surface area contributed by atoms with E-state index in [0.717, 1.165) is 18.2 Å². The molecule has 0 unspecified atom stereocenters. The third kappa shape index (κ3) is 3.67. The van der Waals surface area contributed by atoms with E-state index < -0.39 is 0 Å². The topological polar surface area (TPSA) is 76.8 Å². The molecule has 1 aromatic heterocycles. The second kappa shape index (κ2) is 8.62. The van der Waals surface area contributed by atoms with E-state index in [4.69, 9.17) is 18.9 Å². The summed E-state index contributed by atoms with van der Waals surface area (Å²) in [7, 11) is 3.15. The molecule has 7 heteroatoms. The number of allylic oxidation sites excluding steroid dienone is 3. The fraction of sp³-hybridized carbons (Fsp3) is 0.217. The SMILES string of the molecule is COc1cc2ncc(C#N)c(N(CC3=CC=CCC3)C3=COC=CO3)c2cc1OC. The van der Waals surface area contributed by atoms with Crippen LogP contribution >= 0.6 is 0 Å². The Labute approximate surface area is 174 Å². The van der Waals surface area contributed by atoms with Crippen LogP contribution in [0.2, 0.25) is 0 Å². The number of anilines is 1. The van der Waals surface area contributed by atoms with Crippen molar-refractivity contribution < 1.29 is 18.9 Å². The van der Waals surface area contributed by atoms with Gasteiger partial charge in [-0.05, 0) is 18.9 Å². The maximum Gasteiger partial charge on any atom is 0.235 e. The monoisotopic (exact) mass is 403 g/mol. The van der Waals surface area contributed by atoms with Gasteiger partial charge in [0.15, 0.2) is 17.8 Å². The Morgan fingerprint density at radius 2 is 2.03 bits per heavy atom. The fourth-order valence-corrected chi connectivity index (χ4v) is 3.51. The normalized spacial score (nSPS) is 14.8. The van der Waals surface area contributed by atoms with Gasteiger partial charge in [-0.3, -0.25) is 4.98 Å². The smallest absolute Gasteiger partial charge is 0.235 e. The van der Waals surface area contributed by atoms with Crippen LogP contribution in [0.15, 0.2) is 66.8 Å². The van der Waals surface area contributed by atoms with Crippen LogP contribution in [-0.4, -0.2) is 25.7 Å². The second-order valence-electron chi connectivity index (χ2n) is 6.72. The quantitative estimate of drug-likeness (QED) is 0.702. The van der Waals surface area contributed by atoms with Gasteiger partial charge < -0.3 is 23.8 Å². The maximum absolute atomic E-state index is 9.85. The number of nitrogens with zero attached hydrogens (tertiary/aromatic N) is 3. The van der Waals surface area contributed by atoms with Gasteiger partial charge in [0.25, 0.3) is 0 Å². The van der Waals surface area contributed by atoms with Gasteiger partial charge in [-0.2, -0.15) is 5.26 Å². The zero-order valence-electron chi connectivity index (χ0n) is 16.8. The van der Waals surface area contributed by atoms with Crippen molar-refractivity contribution in [3.63, 3.8) is 0 Å². The first-order valence-electron chi connectivity index (χ1n) is 9.49. The van der Waals surface area contributed by atoms with Crippen molar-refractivity contribution in [1.29, 1.82) is 5.26 Å². The summed E-state index contributed by atoms with van der Waals surface area (Å²) < 4.78 is 22.0. The number of hydrogen-bond donors (Lipinski definition) is 0. The molecule has 0 fully saturated rings. The number of fused-ring (bicyclic) bond motifs is 1. The Bertz CT molecular complexity index is 1130. The van der Waals surface area contributed by atoms with Gasteiger partial charge in [0.2, 0.25) is 5.88 Å². The Kier molecular flexibility index (Phi) is 5.57. The molecule has 152 valence electrons. The summed E-state index contributed by atoms with van der Waals surface area (Å²) >= 11 is 0. The first kappa shape index (κ1) is 19.4. The van der Waals surface area contributed by atoms with E-state index in [1.165, 1.54) is 24.4 Å². The number of nitriles is 1. The zero-order valence-corrected chi connectivity index (χ0v) is 16.8. The third-order valence-electron chi connectivity index (χ3n) is 4.95. The standard InChI is InChI=1S/C23H21N3O4/c1-27-20-10-18-19(11-21(20)28-2)25-13-17(12-24)23(18)26(22-15-29-8-9-30-22)14-16-6-4-3-5-7-16/h3-4,6,8-11,13,15H,5,7,14H2,1-2H3. The summed E-state index contributed by atoms with van der Waals surface area (Å²) in [5.41, 5.74) is 2.98. The molecule has 0 saturated carbocycles. The van der Waals surface area contributed by atoms with E-state index in [1.54, 1.807) is 26.5 Å². The first-order chi connectivity index (χ1) is 14.7. The predicted molar refractivity (Wildman–Crippen MR) is 113 cm³/mol. The van der Waals surface area contributed by atoms with Crippen molar-refractivity contribution in [2.24, 2.45) is 0 Å². The minimum absolute atomic E-state index is 0.417. The number of ether oxygens (including phenoxy) is 4. The van der Waals surface area contributed by atoms with E-state index in [-0.39, 0.29) is 0 Å². The Morgan fingerprint density at radius 1 is 1.20 bits per heavy atom. The lowest BCUT2D eigenvalue weighted by molar-refractivity contribution is 0.249. The fourth-order valence-electron chi connectivity index (χ4n) is 3.51. The zero-order chi connectivity index (χ0) is 20.9. The molecule has 1 aliphatic carbocycles. The van der Waals surface area contributed by atoms with Gasteiger partial charge in [-0.1, -0.05) is 23.8 Å². The van der Waals surface area contributed by atoms with Crippen molar-refractivity contribution in [2.75, 3.05) is 25.7 Å². The maximum atomic E-state index is 9.85. The number of rotatable bonds is 6. The molecule has 1 aromatic carbocycles. The molecule has 0 amide bonds. The molecule has 7 nitrogen and oxygen atoms in total. The molecular weight excluding hydrogens is 382 g/mol. The van der Waals surface area contributed by atoms with Gasteiger partial charge in [-0.25, -0.2) is 0 Å². The van der Waals surface area contributed by atoms with Crippen LogP contribution in [0, 0.1) is 11.3 Å². The van der Waals surface area contributed by atoms with Crippen molar-refractivity contribution in [3.05, 3.63) is 72.4 Å². The van der Waals surface area contributed by atoms with Crippen LogP contribution in [0.4, 0.5) is 5.69 Å². The summed E-state index contributed by atoms with van der Waals surface area (Å²) in [4.78, 5) is 6.39. The van der Waals surface area contributed by atoms with E-state index >= 15 is 0 Å². The first-order valence-corrected chi connectivity index (χ1v) is 9.49. The van der Waals surface area contributed by atoms with Crippen molar-refractivity contribution in [3.8, 4) is 17.6 Å². The molecule has 2 heterocycles. The number of methoxy groups -OCH3 is 2. The molecule has 0 spiro atoms. The van der Waals surface area contributed by atoms with Crippen LogP contribution in [0.3, 0.4) is 0 Å². The lowest BCUT2D eigenvalue weighted by Gasteiger charge is -2.30. The van der Waals surface area contributed by atoms with E-state index in [9.17, 15) is 5.26 Å². The molecule has 0 radical (unpaired) electrons. The number of hydrogen-bond acceptors (Lipinski definition) is 7. The number of benzene rings is 1. The van der Waals surface area contributed by atoms with Crippen molar-refractivity contribution in [2.45, 2.75) is 12.8 Å². The summed E-state index contributed by atoms with van der Waals surface area (Å²) in [5, 5.41) is 10.6. The molecule has 30 heavy (non-hydrogen) atoms. The summed E-state index contributed by atoms with van der Waals surface area (Å²) in [6.45, 7) is 0.537. The Balaban J connectivity index is 1.92. The predicted octanol–water partition coefficient (Wildman–Crippen LogP) is 4.52. The number of pyridine rings is 1.